The second-order valence-electron chi connectivity index (χ2n) is 6.71. The highest BCUT2D eigenvalue weighted by molar-refractivity contribution is 7.99. The molecule has 162 valence electrons. The lowest BCUT2D eigenvalue weighted by molar-refractivity contribution is -0.139. The van der Waals surface area contributed by atoms with E-state index in [0.29, 0.717) is 28.8 Å². The van der Waals surface area contributed by atoms with E-state index >= 15 is 0 Å². The summed E-state index contributed by atoms with van der Waals surface area (Å²) in [4.78, 5) is 27.2. The molecule has 2 aromatic carbocycles. The average molecular weight is 471 g/mol. The fourth-order valence-corrected chi connectivity index (χ4v) is 4.16. The maximum atomic E-state index is 13.1. The lowest BCUT2D eigenvalue weighted by Crippen LogP contribution is -2.49. The maximum Gasteiger partial charge on any atom is 0.242 e. The highest BCUT2D eigenvalue weighted by atomic mass is 35.5. The van der Waals surface area contributed by atoms with E-state index in [1.807, 2.05) is 13.8 Å². The molecular formula is C22H25Cl2FN2O2S. The van der Waals surface area contributed by atoms with E-state index < -0.39 is 6.04 Å². The molecule has 30 heavy (non-hydrogen) atoms. The van der Waals surface area contributed by atoms with E-state index in [1.165, 1.54) is 23.9 Å². The van der Waals surface area contributed by atoms with Gasteiger partial charge in [-0.05, 0) is 48.7 Å². The van der Waals surface area contributed by atoms with Gasteiger partial charge < -0.3 is 10.2 Å². The number of carbonyl (C=O) groups excluding carboxylic acids is 2. The molecule has 0 bridgehead atoms. The van der Waals surface area contributed by atoms with Gasteiger partial charge in [0.2, 0.25) is 11.8 Å². The van der Waals surface area contributed by atoms with Gasteiger partial charge in [0.15, 0.2) is 0 Å². The number of likely N-dealkylation sites (N-methyl/N-ethyl adjacent to an activating group) is 1. The third-order valence-electron chi connectivity index (χ3n) is 4.48. The first-order chi connectivity index (χ1) is 14.3. The Kier molecular flexibility index (Phi) is 9.95. The van der Waals surface area contributed by atoms with Crippen LogP contribution < -0.4 is 5.32 Å². The molecule has 0 unspecified atom stereocenters. The van der Waals surface area contributed by atoms with Crippen molar-refractivity contribution in [2.45, 2.75) is 38.6 Å². The SMILES string of the molecule is CCNC(=O)[C@@H](CC)N(Cc1ccc(Cl)c(Cl)c1)C(=O)CSCc1ccc(F)cc1. The number of hydrogen-bond acceptors (Lipinski definition) is 3. The van der Waals surface area contributed by atoms with Crippen molar-refractivity contribution in [1.82, 2.24) is 10.2 Å². The predicted octanol–water partition coefficient (Wildman–Crippen LogP) is 5.31. The quantitative estimate of drug-likeness (QED) is 0.511. The Balaban J connectivity index is 2.13. The molecule has 0 fully saturated rings. The molecule has 4 nitrogen and oxygen atoms in total. The number of thioether (sulfide) groups is 1. The minimum Gasteiger partial charge on any atom is -0.355 e. The second-order valence-corrected chi connectivity index (χ2v) is 8.51. The van der Waals surface area contributed by atoms with Crippen molar-refractivity contribution >= 4 is 46.8 Å². The molecule has 0 aliphatic rings. The normalized spacial score (nSPS) is 11.8. The molecule has 1 N–H and O–H groups in total. The minimum absolute atomic E-state index is 0.147. The van der Waals surface area contributed by atoms with Gasteiger partial charge in [-0.3, -0.25) is 9.59 Å². The first-order valence-electron chi connectivity index (χ1n) is 9.69. The fraction of sp³-hybridized carbons (Fsp3) is 0.364. The number of nitrogens with zero attached hydrogens (tertiary/aromatic N) is 1. The van der Waals surface area contributed by atoms with E-state index in [4.69, 9.17) is 23.2 Å². The van der Waals surface area contributed by atoms with Crippen molar-refractivity contribution < 1.29 is 14.0 Å². The van der Waals surface area contributed by atoms with Crippen LogP contribution in [0.2, 0.25) is 10.0 Å². The van der Waals surface area contributed by atoms with Gasteiger partial charge in [-0.1, -0.05) is 48.3 Å². The van der Waals surface area contributed by atoms with Crippen molar-refractivity contribution in [2.24, 2.45) is 0 Å². The Morgan fingerprint density at radius 1 is 1.07 bits per heavy atom. The standard InChI is InChI=1S/C22H25Cl2FN2O2S/c1-3-20(22(29)26-4-2)27(12-16-7-10-18(23)19(24)11-16)21(28)14-30-13-15-5-8-17(25)9-6-15/h5-11,20H,3-4,12-14H2,1-2H3,(H,26,29)/t20-/m1/s1. The van der Waals surface area contributed by atoms with Gasteiger partial charge in [-0.2, -0.15) is 0 Å². The lowest BCUT2D eigenvalue weighted by Gasteiger charge is -2.30. The molecule has 0 saturated carbocycles. The van der Waals surface area contributed by atoms with Crippen LogP contribution in [0, 0.1) is 5.82 Å². The van der Waals surface area contributed by atoms with Gasteiger partial charge in [-0.15, -0.1) is 11.8 Å². The summed E-state index contributed by atoms with van der Waals surface area (Å²) in [6.07, 6.45) is 0.488. The molecule has 0 aliphatic carbocycles. The Hall–Kier alpha value is -1.76. The van der Waals surface area contributed by atoms with Crippen LogP contribution in [-0.4, -0.2) is 35.1 Å². The number of carbonyl (C=O) groups is 2. The number of rotatable bonds is 10. The summed E-state index contributed by atoms with van der Waals surface area (Å²) in [5, 5.41) is 3.64. The summed E-state index contributed by atoms with van der Waals surface area (Å²) in [5.41, 5.74) is 1.73. The van der Waals surface area contributed by atoms with Crippen LogP contribution in [0.25, 0.3) is 0 Å². The first kappa shape index (κ1) is 24.5. The van der Waals surface area contributed by atoms with Gasteiger partial charge in [-0.25, -0.2) is 4.39 Å². The third-order valence-corrected chi connectivity index (χ3v) is 6.21. The minimum atomic E-state index is -0.585. The van der Waals surface area contributed by atoms with Gasteiger partial charge in [0.05, 0.1) is 15.8 Å². The third kappa shape index (κ3) is 7.18. The largest absolute Gasteiger partial charge is 0.355 e. The molecule has 2 rings (SSSR count). The van der Waals surface area contributed by atoms with E-state index in [-0.39, 0.29) is 29.9 Å². The molecule has 0 spiro atoms. The van der Waals surface area contributed by atoms with Crippen molar-refractivity contribution in [1.29, 1.82) is 0 Å². The Bertz CT molecular complexity index is 865. The molecule has 0 saturated heterocycles. The number of halogens is 3. The Morgan fingerprint density at radius 2 is 1.73 bits per heavy atom. The topological polar surface area (TPSA) is 49.4 Å². The predicted molar refractivity (Wildman–Crippen MR) is 122 cm³/mol. The number of nitrogens with one attached hydrogen (secondary N) is 1. The van der Waals surface area contributed by atoms with Crippen LogP contribution in [0.4, 0.5) is 4.39 Å². The first-order valence-corrected chi connectivity index (χ1v) is 11.6. The van der Waals surface area contributed by atoms with Crippen molar-refractivity contribution in [3.63, 3.8) is 0 Å². The highest BCUT2D eigenvalue weighted by Crippen LogP contribution is 2.24. The number of hydrogen-bond donors (Lipinski definition) is 1. The Morgan fingerprint density at radius 3 is 2.33 bits per heavy atom. The smallest absolute Gasteiger partial charge is 0.242 e. The zero-order chi connectivity index (χ0) is 22.1. The van der Waals surface area contributed by atoms with Crippen LogP contribution in [0.1, 0.15) is 31.4 Å². The van der Waals surface area contributed by atoms with Crippen LogP contribution >= 0.6 is 35.0 Å². The average Bonchev–Trinajstić information content (AvgIpc) is 2.72. The Labute approximate surface area is 191 Å². The summed E-state index contributed by atoms with van der Waals surface area (Å²) in [6, 6.07) is 10.8. The summed E-state index contributed by atoms with van der Waals surface area (Å²) >= 11 is 13.5. The van der Waals surface area contributed by atoms with Crippen LogP contribution in [0.15, 0.2) is 42.5 Å². The monoisotopic (exact) mass is 470 g/mol. The zero-order valence-electron chi connectivity index (χ0n) is 17.0. The molecule has 0 aliphatic heterocycles. The molecule has 2 amide bonds. The van der Waals surface area contributed by atoms with Crippen LogP contribution in [-0.2, 0) is 21.9 Å². The molecule has 8 heteroatoms. The van der Waals surface area contributed by atoms with E-state index in [1.54, 1.807) is 35.2 Å². The van der Waals surface area contributed by atoms with Crippen molar-refractivity contribution in [3.05, 3.63) is 69.5 Å². The van der Waals surface area contributed by atoms with Crippen LogP contribution in [0.3, 0.4) is 0 Å². The van der Waals surface area contributed by atoms with Gasteiger partial charge >= 0.3 is 0 Å². The number of amides is 2. The van der Waals surface area contributed by atoms with Crippen LogP contribution in [0.5, 0.6) is 0 Å². The van der Waals surface area contributed by atoms with E-state index in [9.17, 15) is 14.0 Å². The summed E-state index contributed by atoms with van der Waals surface area (Å²) in [5.74, 6) is 0.155. The molecule has 0 radical (unpaired) electrons. The fourth-order valence-electron chi connectivity index (χ4n) is 2.97. The lowest BCUT2D eigenvalue weighted by atomic mass is 10.1. The summed E-state index contributed by atoms with van der Waals surface area (Å²) in [7, 11) is 0. The van der Waals surface area contributed by atoms with Gasteiger partial charge in [0.25, 0.3) is 0 Å². The maximum absolute atomic E-state index is 13.1. The van der Waals surface area contributed by atoms with E-state index in [2.05, 4.69) is 5.32 Å². The number of benzene rings is 2. The van der Waals surface area contributed by atoms with Gasteiger partial charge in [0.1, 0.15) is 11.9 Å². The summed E-state index contributed by atoms with van der Waals surface area (Å²) in [6.45, 7) is 4.46. The molecule has 2 aromatic rings. The zero-order valence-corrected chi connectivity index (χ0v) is 19.3. The van der Waals surface area contributed by atoms with Crippen molar-refractivity contribution in [3.8, 4) is 0 Å². The molecule has 0 heterocycles. The molecule has 1 atom stereocenters. The van der Waals surface area contributed by atoms with E-state index in [0.717, 1.165) is 11.1 Å². The highest BCUT2D eigenvalue weighted by Gasteiger charge is 2.28. The second kappa shape index (κ2) is 12.2. The molecular weight excluding hydrogens is 446 g/mol. The summed E-state index contributed by atoms with van der Waals surface area (Å²) < 4.78 is 13.0. The van der Waals surface area contributed by atoms with Gasteiger partial charge in [0, 0.05) is 18.8 Å². The van der Waals surface area contributed by atoms with Crippen molar-refractivity contribution in [2.75, 3.05) is 12.3 Å². The molecule has 0 aromatic heterocycles.